The summed E-state index contributed by atoms with van der Waals surface area (Å²) in [5.41, 5.74) is -5.11. The molecule has 2 rings (SSSR count). The summed E-state index contributed by atoms with van der Waals surface area (Å²) in [7, 11) is -4.57. The van der Waals surface area contributed by atoms with Gasteiger partial charge in [-0.1, -0.05) is 15.9 Å². The number of nitrogens with zero attached hydrogens (tertiary/aromatic N) is 2. The SMILES string of the molecule is CC(C)(C)OC(=O)N(C(=O)OC(C)(C)C)C1=NC(CF)(c2cc(Br)ccc2F)CS(=O)(=O)C1(C)CC=O. The Labute approximate surface area is 223 Å². The normalized spacial score (nSPS) is 23.6. The Morgan fingerprint density at radius 2 is 1.65 bits per heavy atom. The van der Waals surface area contributed by atoms with Crippen molar-refractivity contribution in [3.63, 3.8) is 0 Å². The van der Waals surface area contributed by atoms with E-state index >= 15 is 0 Å². The summed E-state index contributed by atoms with van der Waals surface area (Å²) in [6.07, 6.45) is -3.19. The third kappa shape index (κ3) is 6.54. The van der Waals surface area contributed by atoms with Crippen LogP contribution in [-0.4, -0.2) is 66.0 Å². The summed E-state index contributed by atoms with van der Waals surface area (Å²) >= 11 is 3.16. The number of ether oxygens (including phenoxy) is 2. The van der Waals surface area contributed by atoms with Crippen molar-refractivity contribution in [1.82, 2.24) is 4.90 Å². The minimum Gasteiger partial charge on any atom is -0.443 e. The molecule has 2 amide bonds. The molecule has 0 spiro atoms. The second-order valence-corrected chi connectivity index (χ2v) is 14.2. The fourth-order valence-electron chi connectivity index (χ4n) is 3.62. The number of carbonyl (C=O) groups is 3. The van der Waals surface area contributed by atoms with Crippen LogP contribution in [0.3, 0.4) is 0 Å². The van der Waals surface area contributed by atoms with Gasteiger partial charge in [-0.3, -0.25) is 4.99 Å². The maximum Gasteiger partial charge on any atom is 0.425 e. The van der Waals surface area contributed by atoms with Crippen LogP contribution in [0, 0.1) is 5.82 Å². The molecule has 9 nitrogen and oxygen atoms in total. The van der Waals surface area contributed by atoms with E-state index in [4.69, 9.17) is 9.47 Å². The second kappa shape index (κ2) is 10.4. The summed E-state index contributed by atoms with van der Waals surface area (Å²) in [6.45, 7) is 8.61. The van der Waals surface area contributed by atoms with Crippen LogP contribution in [0.25, 0.3) is 0 Å². The summed E-state index contributed by atoms with van der Waals surface area (Å²) in [6, 6.07) is 3.49. The first-order chi connectivity index (χ1) is 16.7. The van der Waals surface area contributed by atoms with E-state index in [0.29, 0.717) is 4.47 Å². The minimum absolute atomic E-state index is 0.247. The highest BCUT2D eigenvalue weighted by molar-refractivity contribution is 9.10. The van der Waals surface area contributed by atoms with Crippen LogP contribution in [0.4, 0.5) is 18.4 Å². The van der Waals surface area contributed by atoms with Gasteiger partial charge in [-0.2, -0.15) is 4.90 Å². The number of alkyl halides is 1. The lowest BCUT2D eigenvalue weighted by Crippen LogP contribution is -2.63. The van der Waals surface area contributed by atoms with Gasteiger partial charge in [0.1, 0.15) is 46.1 Å². The highest BCUT2D eigenvalue weighted by Gasteiger charge is 2.58. The topological polar surface area (TPSA) is 119 Å². The number of hydrogen-bond acceptors (Lipinski definition) is 8. The van der Waals surface area contributed by atoms with E-state index < -0.39 is 79.6 Å². The average molecular weight is 609 g/mol. The van der Waals surface area contributed by atoms with Crippen LogP contribution in [0.5, 0.6) is 0 Å². The number of rotatable bonds is 4. The molecule has 1 aromatic carbocycles. The van der Waals surface area contributed by atoms with Gasteiger partial charge in [-0.15, -0.1) is 0 Å². The fraction of sp³-hybridized carbons (Fsp3) is 0.583. The Kier molecular flexibility index (Phi) is 8.65. The molecular formula is C24H31BrF2N2O7S. The molecule has 0 N–H and O–H groups in total. The predicted octanol–water partition coefficient (Wildman–Crippen LogP) is 5.10. The van der Waals surface area contributed by atoms with Gasteiger partial charge in [-0.05, 0) is 66.7 Å². The molecule has 1 aromatic rings. The predicted molar refractivity (Wildman–Crippen MR) is 136 cm³/mol. The maximum atomic E-state index is 15.0. The first-order valence-corrected chi connectivity index (χ1v) is 13.7. The Bertz CT molecular complexity index is 1200. The van der Waals surface area contributed by atoms with Gasteiger partial charge in [0.15, 0.2) is 9.84 Å². The smallest absolute Gasteiger partial charge is 0.425 e. The molecule has 0 bridgehead atoms. The quantitative estimate of drug-likeness (QED) is 0.436. The molecule has 37 heavy (non-hydrogen) atoms. The van der Waals surface area contributed by atoms with Gasteiger partial charge < -0.3 is 14.3 Å². The molecule has 0 aliphatic carbocycles. The fourth-order valence-corrected chi connectivity index (χ4v) is 5.97. The lowest BCUT2D eigenvalue weighted by Gasteiger charge is -2.43. The zero-order valence-corrected chi connectivity index (χ0v) is 24.1. The number of hydrogen-bond donors (Lipinski definition) is 0. The van der Waals surface area contributed by atoms with E-state index in [1.54, 1.807) is 0 Å². The molecule has 2 atom stereocenters. The molecular weight excluding hydrogens is 578 g/mol. The molecule has 0 saturated heterocycles. The lowest BCUT2D eigenvalue weighted by molar-refractivity contribution is -0.108. The summed E-state index contributed by atoms with van der Waals surface area (Å²) in [5.74, 6) is -2.81. The van der Waals surface area contributed by atoms with Crippen molar-refractivity contribution in [2.75, 3.05) is 12.4 Å². The van der Waals surface area contributed by atoms with Crippen LogP contribution in [0.1, 0.15) is 60.5 Å². The Morgan fingerprint density at radius 1 is 1.14 bits per heavy atom. The number of sulfone groups is 1. The molecule has 0 fully saturated rings. The summed E-state index contributed by atoms with van der Waals surface area (Å²) in [5, 5.41) is 0. The van der Waals surface area contributed by atoms with Crippen molar-refractivity contribution < 1.29 is 41.1 Å². The molecule has 13 heteroatoms. The molecule has 2 unspecified atom stereocenters. The number of halogens is 3. The van der Waals surface area contributed by atoms with E-state index in [-0.39, 0.29) is 11.2 Å². The monoisotopic (exact) mass is 608 g/mol. The number of carbonyl (C=O) groups excluding carboxylic acids is 3. The van der Waals surface area contributed by atoms with E-state index in [2.05, 4.69) is 20.9 Å². The Morgan fingerprint density at radius 3 is 2.08 bits per heavy atom. The van der Waals surface area contributed by atoms with E-state index in [1.165, 1.54) is 53.7 Å². The summed E-state index contributed by atoms with van der Waals surface area (Å²) < 4.78 is 65.9. The van der Waals surface area contributed by atoms with Crippen molar-refractivity contribution in [2.24, 2.45) is 4.99 Å². The van der Waals surface area contributed by atoms with E-state index in [0.717, 1.165) is 13.0 Å². The number of imide groups is 1. The van der Waals surface area contributed by atoms with Gasteiger partial charge >= 0.3 is 12.2 Å². The zero-order chi connectivity index (χ0) is 28.6. The molecule has 0 aromatic heterocycles. The maximum absolute atomic E-state index is 15.0. The van der Waals surface area contributed by atoms with Crippen LogP contribution in [0.2, 0.25) is 0 Å². The zero-order valence-electron chi connectivity index (χ0n) is 21.7. The lowest BCUT2D eigenvalue weighted by atomic mass is 9.91. The van der Waals surface area contributed by atoms with Crippen molar-refractivity contribution in [3.8, 4) is 0 Å². The third-order valence-corrected chi connectivity index (χ3v) is 8.47. The minimum atomic E-state index is -4.57. The summed E-state index contributed by atoms with van der Waals surface area (Å²) in [4.78, 5) is 42.7. The number of benzene rings is 1. The third-order valence-electron chi connectivity index (χ3n) is 5.40. The number of aliphatic imine (C=N–C) groups is 1. The standard InChI is InChI=1S/C24H31BrF2N2O7S/c1-21(2,3)35-19(31)29(20(32)36-22(4,5)6)18-23(7,10-11-30)37(33,34)14-24(13-26,28-18)16-12-15(25)8-9-17(16)27/h8-9,11-12H,10,13-14H2,1-7H3. The van der Waals surface area contributed by atoms with E-state index in [1.807, 2.05) is 0 Å². The molecule has 1 heterocycles. The van der Waals surface area contributed by atoms with Crippen LogP contribution >= 0.6 is 15.9 Å². The molecule has 1 aliphatic rings. The van der Waals surface area contributed by atoms with Gasteiger partial charge in [0, 0.05) is 16.5 Å². The molecule has 1 aliphatic heterocycles. The Hall–Kier alpha value is -2.41. The van der Waals surface area contributed by atoms with Crippen molar-refractivity contribution in [3.05, 3.63) is 34.1 Å². The van der Waals surface area contributed by atoms with E-state index in [9.17, 15) is 31.6 Å². The van der Waals surface area contributed by atoms with Crippen molar-refractivity contribution in [2.45, 2.75) is 76.4 Å². The number of amidine groups is 1. The molecule has 206 valence electrons. The van der Waals surface area contributed by atoms with Crippen molar-refractivity contribution >= 4 is 50.1 Å². The number of amides is 2. The first kappa shape index (κ1) is 30.8. The average Bonchev–Trinajstić information content (AvgIpc) is 2.70. The Balaban J connectivity index is 2.99. The van der Waals surface area contributed by atoms with Gasteiger partial charge in [0.2, 0.25) is 0 Å². The molecule has 0 radical (unpaired) electrons. The van der Waals surface area contributed by atoms with Gasteiger partial charge in [0.25, 0.3) is 0 Å². The van der Waals surface area contributed by atoms with Crippen LogP contribution in [0.15, 0.2) is 27.7 Å². The highest BCUT2D eigenvalue weighted by Crippen LogP contribution is 2.42. The number of aldehydes is 1. The first-order valence-electron chi connectivity index (χ1n) is 11.3. The molecule has 0 saturated carbocycles. The van der Waals surface area contributed by atoms with Gasteiger partial charge in [0.05, 0.1) is 5.75 Å². The van der Waals surface area contributed by atoms with Crippen LogP contribution in [-0.2, 0) is 29.6 Å². The second-order valence-electron chi connectivity index (χ2n) is 10.9. The van der Waals surface area contributed by atoms with Crippen LogP contribution < -0.4 is 0 Å². The highest BCUT2D eigenvalue weighted by atomic mass is 79.9. The van der Waals surface area contributed by atoms with Crippen molar-refractivity contribution in [1.29, 1.82) is 0 Å². The van der Waals surface area contributed by atoms with Gasteiger partial charge in [-0.25, -0.2) is 26.8 Å². The largest absolute Gasteiger partial charge is 0.443 e.